The number of hydrogen-bond donors (Lipinski definition) is 1. The van der Waals surface area contributed by atoms with Gasteiger partial charge in [-0.15, -0.1) is 0 Å². The van der Waals surface area contributed by atoms with Crippen molar-refractivity contribution in [2.45, 2.75) is 13.1 Å². The van der Waals surface area contributed by atoms with Gasteiger partial charge in [-0.05, 0) is 24.3 Å². The quantitative estimate of drug-likeness (QED) is 0.530. The van der Waals surface area contributed by atoms with Gasteiger partial charge in [-0.25, -0.2) is 9.97 Å². The highest BCUT2D eigenvalue weighted by Gasteiger charge is 2.10. The summed E-state index contributed by atoms with van der Waals surface area (Å²) < 4.78 is 12.6. The molecule has 2 heterocycles. The lowest BCUT2D eigenvalue weighted by atomic mass is 10.2. The van der Waals surface area contributed by atoms with E-state index in [9.17, 15) is 9.59 Å². The maximum atomic E-state index is 12.6. The zero-order chi connectivity index (χ0) is 19.9. The lowest BCUT2D eigenvalue weighted by Crippen LogP contribution is -2.32. The van der Waals surface area contributed by atoms with Gasteiger partial charge in [-0.1, -0.05) is 22.0 Å². The van der Waals surface area contributed by atoms with Crippen molar-refractivity contribution in [3.63, 3.8) is 0 Å². The van der Waals surface area contributed by atoms with Gasteiger partial charge in [0.25, 0.3) is 5.56 Å². The third-order valence-electron chi connectivity index (χ3n) is 3.95. The number of fused-ring (bicyclic) bond motifs is 1. The monoisotopic (exact) mass is 446 g/mol. The molecule has 3 aromatic rings. The predicted octanol–water partition coefficient (Wildman–Crippen LogP) is 1.90. The number of benzene rings is 1. The number of carbonyl (C=O) groups excluding carboxylic acids is 1. The first-order valence-corrected chi connectivity index (χ1v) is 9.35. The molecule has 146 valence electrons. The van der Waals surface area contributed by atoms with Crippen LogP contribution >= 0.6 is 15.9 Å². The van der Waals surface area contributed by atoms with E-state index in [1.807, 2.05) is 12.1 Å². The van der Waals surface area contributed by atoms with Crippen LogP contribution in [0.1, 0.15) is 5.56 Å². The second kappa shape index (κ2) is 9.43. The number of halogens is 1. The Morgan fingerprint density at radius 2 is 2.11 bits per heavy atom. The summed E-state index contributed by atoms with van der Waals surface area (Å²) in [4.78, 5) is 33.3. The molecule has 1 aromatic carbocycles. The second-order valence-corrected chi connectivity index (χ2v) is 6.84. The molecule has 1 amide bonds. The Morgan fingerprint density at radius 3 is 2.93 bits per heavy atom. The standard InChI is InChI=1S/C19H19BrN4O4/c1-27-7-8-28-18-13(3-2-6-21-18)10-22-17(25)11-24-12-23-16-5-4-14(20)9-15(16)19(24)26/h2-6,9,12H,7-8,10-11H2,1H3,(H,22,25). The number of pyridine rings is 1. The minimum atomic E-state index is -0.315. The van der Waals surface area contributed by atoms with Crippen LogP contribution < -0.4 is 15.6 Å². The first kappa shape index (κ1) is 20.0. The molecule has 0 unspecified atom stereocenters. The molecule has 0 aliphatic carbocycles. The Labute approximate surface area is 169 Å². The maximum Gasteiger partial charge on any atom is 0.261 e. The van der Waals surface area contributed by atoms with Gasteiger partial charge in [0.2, 0.25) is 11.8 Å². The van der Waals surface area contributed by atoms with Gasteiger partial charge in [0.15, 0.2) is 0 Å². The summed E-state index contributed by atoms with van der Waals surface area (Å²) in [6.45, 7) is 0.906. The molecule has 0 fully saturated rings. The molecule has 0 aliphatic heterocycles. The fraction of sp³-hybridized carbons (Fsp3) is 0.263. The van der Waals surface area contributed by atoms with Crippen molar-refractivity contribution in [1.29, 1.82) is 0 Å². The lowest BCUT2D eigenvalue weighted by molar-refractivity contribution is -0.121. The van der Waals surface area contributed by atoms with E-state index in [0.717, 1.165) is 10.0 Å². The topological polar surface area (TPSA) is 95.3 Å². The SMILES string of the molecule is COCCOc1ncccc1CNC(=O)Cn1cnc2ccc(Br)cc2c1=O. The van der Waals surface area contributed by atoms with Gasteiger partial charge in [0, 0.05) is 29.9 Å². The molecule has 3 rings (SSSR count). The van der Waals surface area contributed by atoms with Gasteiger partial charge in [0.1, 0.15) is 13.2 Å². The Morgan fingerprint density at radius 1 is 1.25 bits per heavy atom. The Bertz CT molecular complexity index is 1040. The fourth-order valence-electron chi connectivity index (χ4n) is 2.56. The number of hydrogen-bond acceptors (Lipinski definition) is 6. The van der Waals surface area contributed by atoms with E-state index in [-0.39, 0.29) is 24.6 Å². The summed E-state index contributed by atoms with van der Waals surface area (Å²) in [6.07, 6.45) is 2.99. The van der Waals surface area contributed by atoms with Gasteiger partial charge in [-0.3, -0.25) is 14.2 Å². The van der Waals surface area contributed by atoms with Crippen LogP contribution in [-0.2, 0) is 22.6 Å². The number of ether oxygens (including phenoxy) is 2. The molecule has 1 N–H and O–H groups in total. The van der Waals surface area contributed by atoms with E-state index in [4.69, 9.17) is 9.47 Å². The van der Waals surface area contributed by atoms with E-state index in [0.29, 0.717) is 30.0 Å². The van der Waals surface area contributed by atoms with Crippen molar-refractivity contribution in [3.8, 4) is 5.88 Å². The minimum Gasteiger partial charge on any atom is -0.475 e. The molecule has 0 saturated carbocycles. The van der Waals surface area contributed by atoms with Gasteiger partial charge >= 0.3 is 0 Å². The number of amides is 1. The van der Waals surface area contributed by atoms with Crippen LogP contribution in [0.3, 0.4) is 0 Å². The Balaban J connectivity index is 1.66. The maximum absolute atomic E-state index is 12.6. The van der Waals surface area contributed by atoms with Crippen LogP contribution in [0, 0.1) is 0 Å². The summed E-state index contributed by atoms with van der Waals surface area (Å²) in [5, 5.41) is 3.23. The van der Waals surface area contributed by atoms with Crippen LogP contribution in [-0.4, -0.2) is 40.8 Å². The van der Waals surface area contributed by atoms with Crippen LogP contribution in [0.2, 0.25) is 0 Å². The molecule has 0 spiro atoms. The molecule has 0 aliphatic rings. The lowest BCUT2D eigenvalue weighted by Gasteiger charge is -2.11. The highest BCUT2D eigenvalue weighted by Crippen LogP contribution is 2.15. The molecule has 0 radical (unpaired) electrons. The van der Waals surface area contributed by atoms with Crippen LogP contribution in [0.4, 0.5) is 0 Å². The third kappa shape index (κ3) is 4.93. The average molecular weight is 447 g/mol. The molecular formula is C19H19BrN4O4. The molecule has 0 bridgehead atoms. The van der Waals surface area contributed by atoms with Crippen molar-refractivity contribution in [2.75, 3.05) is 20.3 Å². The number of carbonyl (C=O) groups is 1. The van der Waals surface area contributed by atoms with Crippen LogP contribution in [0.25, 0.3) is 10.9 Å². The molecule has 28 heavy (non-hydrogen) atoms. The summed E-state index contributed by atoms with van der Waals surface area (Å²) in [7, 11) is 1.59. The predicted molar refractivity (Wildman–Crippen MR) is 107 cm³/mol. The summed E-state index contributed by atoms with van der Waals surface area (Å²) in [5.74, 6) is 0.124. The number of aromatic nitrogens is 3. The Hall–Kier alpha value is -2.78. The van der Waals surface area contributed by atoms with Crippen molar-refractivity contribution in [3.05, 3.63) is 63.2 Å². The van der Waals surface area contributed by atoms with Crippen molar-refractivity contribution >= 4 is 32.7 Å². The average Bonchev–Trinajstić information content (AvgIpc) is 2.70. The van der Waals surface area contributed by atoms with E-state index >= 15 is 0 Å². The number of nitrogens with one attached hydrogen (secondary N) is 1. The smallest absolute Gasteiger partial charge is 0.261 e. The number of methoxy groups -OCH3 is 1. The first-order valence-electron chi connectivity index (χ1n) is 8.55. The zero-order valence-corrected chi connectivity index (χ0v) is 16.8. The van der Waals surface area contributed by atoms with Crippen molar-refractivity contribution in [1.82, 2.24) is 19.9 Å². The molecular weight excluding hydrogens is 428 g/mol. The van der Waals surface area contributed by atoms with Gasteiger partial charge in [-0.2, -0.15) is 0 Å². The number of nitrogens with zero attached hydrogens (tertiary/aromatic N) is 3. The number of rotatable bonds is 8. The van der Waals surface area contributed by atoms with Gasteiger partial charge in [0.05, 0.1) is 23.8 Å². The molecule has 2 aromatic heterocycles. The normalized spacial score (nSPS) is 10.8. The largest absolute Gasteiger partial charge is 0.475 e. The van der Waals surface area contributed by atoms with Crippen LogP contribution in [0.5, 0.6) is 5.88 Å². The van der Waals surface area contributed by atoms with E-state index in [2.05, 4.69) is 31.2 Å². The molecule has 9 heteroatoms. The summed E-state index contributed by atoms with van der Waals surface area (Å²) >= 11 is 3.34. The highest BCUT2D eigenvalue weighted by molar-refractivity contribution is 9.10. The third-order valence-corrected chi connectivity index (χ3v) is 4.45. The van der Waals surface area contributed by atoms with Crippen LogP contribution in [0.15, 0.2) is 52.1 Å². The fourth-order valence-corrected chi connectivity index (χ4v) is 2.92. The summed E-state index contributed by atoms with van der Waals surface area (Å²) in [6, 6.07) is 8.83. The summed E-state index contributed by atoms with van der Waals surface area (Å²) in [5.41, 5.74) is 1.05. The molecule has 0 atom stereocenters. The van der Waals surface area contributed by atoms with Crippen molar-refractivity contribution in [2.24, 2.45) is 0 Å². The molecule has 8 nitrogen and oxygen atoms in total. The Kier molecular flexibility index (Phi) is 6.72. The van der Waals surface area contributed by atoms with E-state index in [1.165, 1.54) is 10.9 Å². The van der Waals surface area contributed by atoms with Gasteiger partial charge < -0.3 is 14.8 Å². The minimum absolute atomic E-state index is 0.131. The highest BCUT2D eigenvalue weighted by atomic mass is 79.9. The van der Waals surface area contributed by atoms with Crippen molar-refractivity contribution < 1.29 is 14.3 Å². The van der Waals surface area contributed by atoms with E-state index < -0.39 is 0 Å². The zero-order valence-electron chi connectivity index (χ0n) is 15.2. The second-order valence-electron chi connectivity index (χ2n) is 5.92. The molecule has 0 saturated heterocycles. The first-order chi connectivity index (χ1) is 13.6. The van der Waals surface area contributed by atoms with E-state index in [1.54, 1.807) is 31.5 Å².